The lowest BCUT2D eigenvalue weighted by Gasteiger charge is -2.26. The number of methoxy groups -OCH3 is 2. The SMILES string of the molecule is CCOC(=O)C1=C(c2ccccc2)N=c2s/c(=C\c3cc(Br)c(O)c(Br)c3)c(=O)n2[C@H]1c1ccc(OC)c(OC)c1. The summed E-state index contributed by atoms with van der Waals surface area (Å²) in [6.07, 6.45) is 1.72. The van der Waals surface area contributed by atoms with E-state index in [1.807, 2.05) is 30.3 Å². The maximum atomic E-state index is 14.1. The molecule has 5 rings (SSSR count). The number of carbonyl (C=O) groups excluding carboxylic acids is 1. The highest BCUT2D eigenvalue weighted by atomic mass is 79.9. The standard InChI is InChI=1S/C30H24Br2N2O6S/c1-4-40-29(37)24-25(17-8-6-5-7-9-17)33-30-34(26(24)18-10-11-21(38-2)22(15-18)39-3)28(36)23(41-30)14-16-12-19(31)27(35)20(32)13-16/h5-15,26,35H,4H2,1-3H3/b23-14-/t26-/m0/s1. The van der Waals surface area contributed by atoms with E-state index in [1.165, 1.54) is 30.1 Å². The normalized spacial score (nSPS) is 14.9. The lowest BCUT2D eigenvalue weighted by atomic mass is 9.93. The zero-order valence-corrected chi connectivity index (χ0v) is 26.2. The van der Waals surface area contributed by atoms with Gasteiger partial charge in [0.25, 0.3) is 5.56 Å². The number of carbonyl (C=O) groups is 1. The molecule has 0 fully saturated rings. The van der Waals surface area contributed by atoms with Crippen molar-refractivity contribution < 1.29 is 24.1 Å². The van der Waals surface area contributed by atoms with E-state index >= 15 is 0 Å². The highest BCUT2D eigenvalue weighted by Crippen LogP contribution is 2.38. The number of hydrogen-bond acceptors (Lipinski definition) is 8. The Morgan fingerprint density at radius 2 is 1.73 bits per heavy atom. The van der Waals surface area contributed by atoms with E-state index in [9.17, 15) is 14.7 Å². The van der Waals surface area contributed by atoms with Crippen LogP contribution in [0.3, 0.4) is 0 Å². The van der Waals surface area contributed by atoms with Gasteiger partial charge in [0.2, 0.25) is 0 Å². The first-order valence-electron chi connectivity index (χ1n) is 12.5. The van der Waals surface area contributed by atoms with Crippen molar-refractivity contribution in [1.29, 1.82) is 0 Å². The van der Waals surface area contributed by atoms with Crippen molar-refractivity contribution in [2.24, 2.45) is 4.99 Å². The van der Waals surface area contributed by atoms with E-state index in [-0.39, 0.29) is 23.5 Å². The van der Waals surface area contributed by atoms with Crippen LogP contribution in [-0.2, 0) is 9.53 Å². The molecule has 0 bridgehead atoms. The molecule has 0 aliphatic carbocycles. The Labute approximate surface area is 256 Å². The number of thiazole rings is 1. The van der Waals surface area contributed by atoms with Gasteiger partial charge in [0.05, 0.1) is 51.6 Å². The van der Waals surface area contributed by atoms with E-state index in [1.54, 1.807) is 43.3 Å². The topological polar surface area (TPSA) is 99.4 Å². The summed E-state index contributed by atoms with van der Waals surface area (Å²) in [7, 11) is 3.07. The highest BCUT2D eigenvalue weighted by molar-refractivity contribution is 9.11. The molecule has 1 atom stereocenters. The Balaban J connectivity index is 1.84. The van der Waals surface area contributed by atoms with E-state index < -0.39 is 12.0 Å². The first-order chi connectivity index (χ1) is 19.8. The van der Waals surface area contributed by atoms with Crippen molar-refractivity contribution in [3.05, 3.63) is 112 Å². The van der Waals surface area contributed by atoms with Gasteiger partial charge in [-0.3, -0.25) is 9.36 Å². The van der Waals surface area contributed by atoms with Gasteiger partial charge in [-0.25, -0.2) is 9.79 Å². The average Bonchev–Trinajstić information content (AvgIpc) is 3.29. The van der Waals surface area contributed by atoms with E-state index in [4.69, 9.17) is 19.2 Å². The number of nitrogens with zero attached hydrogens (tertiary/aromatic N) is 2. The second kappa shape index (κ2) is 12.1. The minimum atomic E-state index is -0.860. The summed E-state index contributed by atoms with van der Waals surface area (Å²) in [5.41, 5.74) is 2.35. The Kier molecular flexibility index (Phi) is 8.48. The van der Waals surface area contributed by atoms with Crippen LogP contribution >= 0.6 is 43.2 Å². The first kappa shape index (κ1) is 28.8. The molecular formula is C30H24Br2N2O6S. The summed E-state index contributed by atoms with van der Waals surface area (Å²) >= 11 is 7.90. The van der Waals surface area contributed by atoms with Crippen molar-refractivity contribution in [1.82, 2.24) is 4.57 Å². The number of benzene rings is 3. The summed E-state index contributed by atoms with van der Waals surface area (Å²) in [6, 6.07) is 17.2. The van der Waals surface area contributed by atoms with Crippen molar-refractivity contribution in [2.75, 3.05) is 20.8 Å². The zero-order chi connectivity index (χ0) is 29.3. The fourth-order valence-electron chi connectivity index (χ4n) is 4.60. The lowest BCUT2D eigenvalue weighted by Crippen LogP contribution is -2.40. The zero-order valence-electron chi connectivity index (χ0n) is 22.2. The molecule has 1 N–H and O–H groups in total. The van der Waals surface area contributed by atoms with Crippen LogP contribution in [0.25, 0.3) is 11.8 Å². The number of phenols is 1. The molecule has 41 heavy (non-hydrogen) atoms. The first-order valence-corrected chi connectivity index (χ1v) is 14.9. The molecule has 1 aromatic heterocycles. The number of ether oxygens (including phenoxy) is 3. The van der Waals surface area contributed by atoms with Gasteiger partial charge in [0, 0.05) is 5.56 Å². The summed E-state index contributed by atoms with van der Waals surface area (Å²) in [5, 5.41) is 10.1. The number of aromatic hydroxyl groups is 1. The molecule has 3 aromatic carbocycles. The molecule has 0 spiro atoms. The molecule has 1 aliphatic heterocycles. The quantitative estimate of drug-likeness (QED) is 0.267. The van der Waals surface area contributed by atoms with Crippen LogP contribution in [-0.4, -0.2) is 36.5 Å². The number of rotatable bonds is 7. The molecular weight excluding hydrogens is 676 g/mol. The molecule has 4 aromatic rings. The van der Waals surface area contributed by atoms with Gasteiger partial charge in [0.1, 0.15) is 5.75 Å². The van der Waals surface area contributed by atoms with Gasteiger partial charge in [0.15, 0.2) is 16.3 Å². The number of fused-ring (bicyclic) bond motifs is 1. The molecule has 2 heterocycles. The largest absolute Gasteiger partial charge is 0.506 e. The van der Waals surface area contributed by atoms with Gasteiger partial charge >= 0.3 is 5.97 Å². The van der Waals surface area contributed by atoms with Crippen LogP contribution in [0.2, 0.25) is 0 Å². The second-order valence-electron chi connectivity index (χ2n) is 8.88. The number of halogens is 2. The van der Waals surface area contributed by atoms with Gasteiger partial charge in [-0.05, 0) is 80.3 Å². The summed E-state index contributed by atoms with van der Waals surface area (Å²) < 4.78 is 19.4. The third-order valence-electron chi connectivity index (χ3n) is 6.43. The molecule has 1 aliphatic rings. The Morgan fingerprint density at radius 3 is 2.37 bits per heavy atom. The second-order valence-corrected chi connectivity index (χ2v) is 11.6. The van der Waals surface area contributed by atoms with E-state index in [0.717, 1.165) is 0 Å². The van der Waals surface area contributed by atoms with Crippen molar-refractivity contribution >= 4 is 60.9 Å². The molecule has 8 nitrogen and oxygen atoms in total. The predicted octanol–water partition coefficient (Wildman–Crippen LogP) is 5.18. The van der Waals surface area contributed by atoms with Crippen LogP contribution < -0.4 is 24.4 Å². The number of aromatic nitrogens is 1. The van der Waals surface area contributed by atoms with Crippen LogP contribution in [0.4, 0.5) is 0 Å². The number of esters is 1. The molecule has 0 saturated heterocycles. The third kappa shape index (κ3) is 5.49. The molecule has 0 amide bonds. The molecule has 0 radical (unpaired) electrons. The fourth-order valence-corrected chi connectivity index (χ4v) is 6.82. The lowest BCUT2D eigenvalue weighted by molar-refractivity contribution is -0.138. The third-order valence-corrected chi connectivity index (χ3v) is 8.63. The van der Waals surface area contributed by atoms with Crippen LogP contribution in [0, 0.1) is 0 Å². The molecule has 0 saturated carbocycles. The average molecular weight is 700 g/mol. The monoisotopic (exact) mass is 698 g/mol. The summed E-state index contributed by atoms with van der Waals surface area (Å²) in [6.45, 7) is 1.88. The fraction of sp³-hybridized carbons (Fsp3) is 0.167. The van der Waals surface area contributed by atoms with Gasteiger partial charge in [-0.1, -0.05) is 47.7 Å². The van der Waals surface area contributed by atoms with Gasteiger partial charge in [-0.2, -0.15) is 0 Å². The Hall–Kier alpha value is -3.67. The minimum Gasteiger partial charge on any atom is -0.506 e. The minimum absolute atomic E-state index is 0.0589. The smallest absolute Gasteiger partial charge is 0.338 e. The molecule has 0 unspecified atom stereocenters. The summed E-state index contributed by atoms with van der Waals surface area (Å²) in [5.74, 6) is 0.448. The van der Waals surface area contributed by atoms with E-state index in [2.05, 4.69) is 31.9 Å². The van der Waals surface area contributed by atoms with Crippen molar-refractivity contribution in [3.8, 4) is 17.2 Å². The van der Waals surface area contributed by atoms with Crippen LogP contribution in [0.15, 0.2) is 85.0 Å². The molecule has 11 heteroatoms. The van der Waals surface area contributed by atoms with E-state index in [0.29, 0.717) is 52.2 Å². The number of phenolic OH excluding ortho intramolecular Hbond substituents is 1. The molecule has 210 valence electrons. The van der Waals surface area contributed by atoms with Crippen LogP contribution in [0.1, 0.15) is 29.7 Å². The maximum Gasteiger partial charge on any atom is 0.338 e. The number of hydrogen-bond donors (Lipinski definition) is 1. The predicted molar refractivity (Wildman–Crippen MR) is 164 cm³/mol. The maximum absolute atomic E-state index is 14.1. The highest BCUT2D eigenvalue weighted by Gasteiger charge is 2.35. The van der Waals surface area contributed by atoms with Crippen LogP contribution in [0.5, 0.6) is 17.2 Å². The Morgan fingerprint density at radius 1 is 1.05 bits per heavy atom. The van der Waals surface area contributed by atoms with Gasteiger partial charge in [-0.15, -0.1) is 0 Å². The van der Waals surface area contributed by atoms with Crippen molar-refractivity contribution in [3.63, 3.8) is 0 Å². The van der Waals surface area contributed by atoms with Crippen molar-refractivity contribution in [2.45, 2.75) is 13.0 Å². The Bertz CT molecular complexity index is 1840. The van der Waals surface area contributed by atoms with Gasteiger partial charge < -0.3 is 19.3 Å². The summed E-state index contributed by atoms with van der Waals surface area (Å²) in [4.78, 5) is 33.0.